The van der Waals surface area contributed by atoms with Crippen molar-refractivity contribution < 1.29 is 14.6 Å². The number of ether oxygens (including phenoxy) is 1. The summed E-state index contributed by atoms with van der Waals surface area (Å²) in [5, 5.41) is 23.8. The third-order valence-electron chi connectivity index (χ3n) is 7.79. The van der Waals surface area contributed by atoms with E-state index in [0.717, 1.165) is 42.0 Å². The van der Waals surface area contributed by atoms with E-state index in [-0.39, 0.29) is 11.7 Å². The molecule has 2 heterocycles. The van der Waals surface area contributed by atoms with Crippen LogP contribution in [-0.4, -0.2) is 68.0 Å². The lowest BCUT2D eigenvalue weighted by atomic mass is 9.98. The van der Waals surface area contributed by atoms with Crippen molar-refractivity contribution in [3.05, 3.63) is 89.5 Å². The number of anilines is 1. The first-order chi connectivity index (χ1) is 20.4. The van der Waals surface area contributed by atoms with Crippen LogP contribution in [-0.2, 0) is 29.0 Å². The van der Waals surface area contributed by atoms with E-state index in [1.807, 2.05) is 30.3 Å². The van der Waals surface area contributed by atoms with Crippen molar-refractivity contribution in [1.29, 1.82) is 0 Å². The van der Waals surface area contributed by atoms with Gasteiger partial charge in [0.2, 0.25) is 5.82 Å². The molecular formula is C33H40N6O3. The number of aromatic hydroxyl groups is 1. The Kier molecular flexibility index (Phi) is 9.48. The van der Waals surface area contributed by atoms with Gasteiger partial charge in [0.25, 0.3) is 0 Å². The van der Waals surface area contributed by atoms with Crippen LogP contribution in [0, 0.1) is 0 Å². The molecule has 1 aliphatic heterocycles. The molecule has 1 fully saturated rings. The largest absolute Gasteiger partial charge is 0.508 e. The van der Waals surface area contributed by atoms with Crippen molar-refractivity contribution in [2.75, 3.05) is 24.6 Å². The van der Waals surface area contributed by atoms with Gasteiger partial charge in [0.15, 0.2) is 0 Å². The molecule has 42 heavy (non-hydrogen) atoms. The highest BCUT2D eigenvalue weighted by molar-refractivity contribution is 5.69. The number of hydrogen-bond acceptors (Lipinski definition) is 8. The zero-order chi connectivity index (χ0) is 29.5. The summed E-state index contributed by atoms with van der Waals surface area (Å²) in [6.07, 6.45) is 1.52. The van der Waals surface area contributed by atoms with Gasteiger partial charge < -0.3 is 14.7 Å². The van der Waals surface area contributed by atoms with Gasteiger partial charge in [-0.05, 0) is 67.6 Å². The van der Waals surface area contributed by atoms with Gasteiger partial charge in [0, 0.05) is 55.5 Å². The van der Waals surface area contributed by atoms with E-state index in [1.165, 1.54) is 10.4 Å². The van der Waals surface area contributed by atoms with Crippen LogP contribution in [0.3, 0.4) is 0 Å². The summed E-state index contributed by atoms with van der Waals surface area (Å²) in [6.45, 7) is 9.97. The van der Waals surface area contributed by atoms with Crippen molar-refractivity contribution in [2.45, 2.75) is 65.2 Å². The Balaban J connectivity index is 1.28. The number of phenolic OH excluding ortho intramolecular Hbond substituents is 1. The maximum absolute atomic E-state index is 11.6. The number of esters is 1. The molecule has 1 aliphatic rings. The summed E-state index contributed by atoms with van der Waals surface area (Å²) in [6, 6.07) is 25.2. The van der Waals surface area contributed by atoms with Crippen molar-refractivity contribution in [3.8, 4) is 17.1 Å². The standard InChI is InChI=1S/C33H40N6O3/c1-4-42-32(41)15-10-16-39-35-33(34-36-39)31-14-9-8-13-28(31)17-27-18-29(20-30(40)19-27)38-22-24(2)37(21-25(38)3)23-26-11-6-5-7-12-26/h5-9,11-14,18-20,24-25,40H,4,10,15-17,21-23H2,1-3H3/t24-,25+/m1/s1. The van der Waals surface area contributed by atoms with Crippen LogP contribution in [0.2, 0.25) is 0 Å². The molecule has 0 unspecified atom stereocenters. The molecular weight excluding hydrogens is 528 g/mol. The van der Waals surface area contributed by atoms with E-state index in [2.05, 4.69) is 81.5 Å². The minimum absolute atomic E-state index is 0.216. The van der Waals surface area contributed by atoms with Gasteiger partial charge in [-0.2, -0.15) is 4.80 Å². The van der Waals surface area contributed by atoms with Gasteiger partial charge >= 0.3 is 5.97 Å². The van der Waals surface area contributed by atoms with Gasteiger partial charge in [-0.3, -0.25) is 9.69 Å². The first-order valence-corrected chi connectivity index (χ1v) is 14.8. The van der Waals surface area contributed by atoms with Crippen molar-refractivity contribution >= 4 is 11.7 Å². The van der Waals surface area contributed by atoms with E-state index in [9.17, 15) is 9.90 Å². The number of carbonyl (C=O) groups is 1. The van der Waals surface area contributed by atoms with Crippen LogP contribution >= 0.6 is 0 Å². The second kappa shape index (κ2) is 13.6. The molecule has 5 rings (SSSR count). The molecule has 0 saturated carbocycles. The molecule has 1 saturated heterocycles. The molecule has 0 bridgehead atoms. The average Bonchev–Trinajstić information content (AvgIpc) is 3.44. The summed E-state index contributed by atoms with van der Waals surface area (Å²) in [5.74, 6) is 0.586. The normalized spacial score (nSPS) is 17.4. The van der Waals surface area contributed by atoms with E-state index in [0.29, 0.717) is 50.3 Å². The smallest absolute Gasteiger partial charge is 0.305 e. The van der Waals surface area contributed by atoms with Crippen LogP contribution in [0.1, 0.15) is 50.3 Å². The fourth-order valence-electron chi connectivity index (χ4n) is 5.68. The summed E-state index contributed by atoms with van der Waals surface area (Å²) in [7, 11) is 0. The lowest BCUT2D eigenvalue weighted by Crippen LogP contribution is -2.56. The molecule has 4 aromatic rings. The number of nitrogens with zero attached hydrogens (tertiary/aromatic N) is 6. The molecule has 0 radical (unpaired) electrons. The number of tetrazole rings is 1. The Morgan fingerprint density at radius 2 is 1.76 bits per heavy atom. The van der Waals surface area contributed by atoms with Gasteiger partial charge in [-0.25, -0.2) is 0 Å². The van der Waals surface area contributed by atoms with Crippen LogP contribution in [0.5, 0.6) is 5.75 Å². The first kappa shape index (κ1) is 29.3. The quantitative estimate of drug-likeness (QED) is 0.250. The SMILES string of the molecule is CCOC(=O)CCCn1nnc(-c2ccccc2Cc2cc(O)cc(N3C[C@@H](C)N(Cc4ccccc4)C[C@@H]3C)c2)n1. The number of aryl methyl sites for hydroxylation is 1. The average molecular weight is 569 g/mol. The Morgan fingerprint density at radius 1 is 0.976 bits per heavy atom. The fourth-order valence-corrected chi connectivity index (χ4v) is 5.68. The highest BCUT2D eigenvalue weighted by Gasteiger charge is 2.29. The Hall–Kier alpha value is -4.24. The monoisotopic (exact) mass is 568 g/mol. The number of aromatic nitrogens is 4. The summed E-state index contributed by atoms with van der Waals surface area (Å²) in [5.41, 5.74) is 5.33. The second-order valence-electron chi connectivity index (χ2n) is 11.1. The summed E-state index contributed by atoms with van der Waals surface area (Å²) in [4.78, 5) is 18.1. The maximum Gasteiger partial charge on any atom is 0.305 e. The third kappa shape index (κ3) is 7.33. The number of phenols is 1. The molecule has 9 heteroatoms. The highest BCUT2D eigenvalue weighted by Crippen LogP contribution is 2.31. The molecule has 2 atom stereocenters. The Morgan fingerprint density at radius 3 is 2.57 bits per heavy atom. The molecule has 220 valence electrons. The number of carbonyl (C=O) groups excluding carboxylic acids is 1. The molecule has 1 N–H and O–H groups in total. The number of rotatable bonds is 11. The van der Waals surface area contributed by atoms with Gasteiger partial charge in [-0.1, -0.05) is 54.6 Å². The minimum Gasteiger partial charge on any atom is -0.508 e. The van der Waals surface area contributed by atoms with Crippen LogP contribution in [0.25, 0.3) is 11.4 Å². The predicted octanol–water partition coefficient (Wildman–Crippen LogP) is 5.08. The first-order valence-electron chi connectivity index (χ1n) is 14.8. The van der Waals surface area contributed by atoms with E-state index < -0.39 is 0 Å². The number of hydrogen-bond donors (Lipinski definition) is 1. The minimum atomic E-state index is -0.216. The Bertz CT molecular complexity index is 1470. The summed E-state index contributed by atoms with van der Waals surface area (Å²) >= 11 is 0. The fraction of sp³-hybridized carbons (Fsp3) is 0.394. The lowest BCUT2D eigenvalue weighted by Gasteiger charge is -2.45. The van der Waals surface area contributed by atoms with Gasteiger partial charge in [0.1, 0.15) is 5.75 Å². The van der Waals surface area contributed by atoms with Crippen LogP contribution in [0.15, 0.2) is 72.8 Å². The predicted molar refractivity (Wildman–Crippen MR) is 163 cm³/mol. The zero-order valence-electron chi connectivity index (χ0n) is 24.7. The molecule has 1 aromatic heterocycles. The highest BCUT2D eigenvalue weighted by atomic mass is 16.5. The topological polar surface area (TPSA) is 96.6 Å². The Labute approximate surface area is 247 Å². The van der Waals surface area contributed by atoms with Crippen molar-refractivity contribution in [3.63, 3.8) is 0 Å². The summed E-state index contributed by atoms with van der Waals surface area (Å²) < 4.78 is 4.99. The van der Waals surface area contributed by atoms with E-state index in [1.54, 1.807) is 6.92 Å². The second-order valence-corrected chi connectivity index (χ2v) is 11.1. The van der Waals surface area contributed by atoms with Gasteiger partial charge in [-0.15, -0.1) is 10.2 Å². The van der Waals surface area contributed by atoms with Crippen molar-refractivity contribution in [1.82, 2.24) is 25.1 Å². The van der Waals surface area contributed by atoms with E-state index in [4.69, 9.17) is 4.74 Å². The lowest BCUT2D eigenvalue weighted by molar-refractivity contribution is -0.143. The van der Waals surface area contributed by atoms with Gasteiger partial charge in [0.05, 0.1) is 13.2 Å². The maximum atomic E-state index is 11.6. The molecule has 0 aliphatic carbocycles. The number of piperazine rings is 1. The molecule has 0 spiro atoms. The van der Waals surface area contributed by atoms with E-state index >= 15 is 0 Å². The molecule has 3 aromatic carbocycles. The third-order valence-corrected chi connectivity index (χ3v) is 7.79. The van der Waals surface area contributed by atoms with Crippen LogP contribution in [0.4, 0.5) is 5.69 Å². The molecule has 9 nitrogen and oxygen atoms in total. The van der Waals surface area contributed by atoms with Crippen LogP contribution < -0.4 is 4.90 Å². The molecule has 0 amide bonds. The number of benzene rings is 3. The zero-order valence-corrected chi connectivity index (χ0v) is 24.7. The van der Waals surface area contributed by atoms with Crippen molar-refractivity contribution in [2.24, 2.45) is 0 Å².